The Hall–Kier alpha value is -3.80. The van der Waals surface area contributed by atoms with Crippen molar-refractivity contribution in [2.45, 2.75) is 70.4 Å². The van der Waals surface area contributed by atoms with Gasteiger partial charge in [-0.2, -0.15) is 0 Å². The van der Waals surface area contributed by atoms with Gasteiger partial charge in [-0.3, -0.25) is 14.4 Å². The van der Waals surface area contributed by atoms with Crippen LogP contribution in [0.15, 0.2) is 48.5 Å². The monoisotopic (exact) mass is 620 g/mol. The Labute approximate surface area is 257 Å². The van der Waals surface area contributed by atoms with Crippen LogP contribution in [0.5, 0.6) is 5.75 Å². The number of halogens is 3. The van der Waals surface area contributed by atoms with Crippen molar-refractivity contribution in [1.82, 2.24) is 15.5 Å². The summed E-state index contributed by atoms with van der Waals surface area (Å²) in [6.07, 6.45) is -0.496. The number of nitrogens with one attached hydrogen (secondary N) is 2. The van der Waals surface area contributed by atoms with Crippen molar-refractivity contribution in [2.75, 3.05) is 38.7 Å². The third-order valence-corrected chi connectivity index (χ3v) is 8.39. The fraction of sp³-hybridized carbons (Fsp3) is 0.531. The van der Waals surface area contributed by atoms with Gasteiger partial charge in [0.15, 0.2) is 0 Å². The van der Waals surface area contributed by atoms with E-state index in [0.29, 0.717) is 36.3 Å². The van der Waals surface area contributed by atoms with Crippen molar-refractivity contribution in [2.24, 2.45) is 5.92 Å². The molecule has 1 atom stereocenters. The Morgan fingerprint density at radius 2 is 1.73 bits per heavy atom. The molecule has 2 amide bonds. The summed E-state index contributed by atoms with van der Waals surface area (Å²) in [5, 5.41) is 6.04. The van der Waals surface area contributed by atoms with Crippen LogP contribution in [0.3, 0.4) is 0 Å². The molecule has 0 heterocycles. The minimum atomic E-state index is -4.77. The molecule has 2 aromatic rings. The lowest BCUT2D eigenvalue weighted by Crippen LogP contribution is -2.57. The van der Waals surface area contributed by atoms with Crippen molar-refractivity contribution in [1.29, 1.82) is 0 Å². The summed E-state index contributed by atoms with van der Waals surface area (Å²) in [6.45, 7) is 5.13. The van der Waals surface area contributed by atoms with Gasteiger partial charge >= 0.3 is 12.3 Å². The molecular formula is C32H43F3N4O5. The number of esters is 1. The topological polar surface area (TPSA) is 100 Å². The molecule has 9 nitrogen and oxygen atoms in total. The van der Waals surface area contributed by atoms with Gasteiger partial charge in [0.25, 0.3) is 5.91 Å². The van der Waals surface area contributed by atoms with Crippen molar-refractivity contribution >= 4 is 24.0 Å². The predicted molar refractivity (Wildman–Crippen MR) is 161 cm³/mol. The van der Waals surface area contributed by atoms with Gasteiger partial charge in [0.05, 0.1) is 18.6 Å². The molecule has 0 radical (unpaired) electrons. The van der Waals surface area contributed by atoms with E-state index in [2.05, 4.69) is 22.3 Å². The molecule has 1 unspecified atom stereocenters. The first-order valence-electron chi connectivity index (χ1n) is 14.9. The van der Waals surface area contributed by atoms with E-state index in [1.807, 2.05) is 36.0 Å². The second-order valence-corrected chi connectivity index (χ2v) is 11.3. The maximum atomic E-state index is 12.6. The minimum Gasteiger partial charge on any atom is -0.466 e. The van der Waals surface area contributed by atoms with E-state index in [0.717, 1.165) is 37.7 Å². The highest BCUT2D eigenvalue weighted by molar-refractivity contribution is 5.94. The molecule has 1 aliphatic carbocycles. The van der Waals surface area contributed by atoms with Gasteiger partial charge < -0.3 is 29.9 Å². The van der Waals surface area contributed by atoms with Gasteiger partial charge in [0.2, 0.25) is 6.41 Å². The molecule has 0 aliphatic heterocycles. The number of ether oxygens (including phenoxy) is 2. The smallest absolute Gasteiger partial charge is 0.466 e. The molecule has 1 fully saturated rings. The van der Waals surface area contributed by atoms with Crippen LogP contribution in [0.4, 0.5) is 18.9 Å². The lowest BCUT2D eigenvalue weighted by molar-refractivity contribution is -0.274. The van der Waals surface area contributed by atoms with Crippen LogP contribution in [-0.2, 0) is 20.9 Å². The first kappa shape index (κ1) is 34.7. The van der Waals surface area contributed by atoms with Gasteiger partial charge in [-0.05, 0) is 94.5 Å². The molecular weight excluding hydrogens is 577 g/mol. The molecule has 0 aromatic heterocycles. The zero-order valence-electron chi connectivity index (χ0n) is 25.8. The number of benzene rings is 2. The minimum absolute atomic E-state index is 0.0852. The molecule has 3 rings (SSSR count). The molecule has 2 N–H and O–H groups in total. The first-order chi connectivity index (χ1) is 20.9. The third kappa shape index (κ3) is 9.87. The average Bonchev–Trinajstić information content (AvgIpc) is 2.99. The number of likely N-dealkylation sites (N-methyl/N-ethyl adjacent to an activating group) is 1. The summed E-state index contributed by atoms with van der Waals surface area (Å²) in [5.41, 5.74) is 1.46. The van der Waals surface area contributed by atoms with Crippen LogP contribution >= 0.6 is 0 Å². The van der Waals surface area contributed by atoms with E-state index in [1.165, 1.54) is 12.1 Å². The number of nitrogens with zero attached hydrogens (tertiary/aromatic N) is 2. The van der Waals surface area contributed by atoms with E-state index >= 15 is 0 Å². The highest BCUT2D eigenvalue weighted by Crippen LogP contribution is 2.39. The summed E-state index contributed by atoms with van der Waals surface area (Å²) in [6, 6.07) is 13.0. The Morgan fingerprint density at radius 3 is 2.27 bits per heavy atom. The molecule has 2 aromatic carbocycles. The van der Waals surface area contributed by atoms with E-state index in [9.17, 15) is 27.6 Å². The normalized spacial score (nSPS) is 19.0. The van der Waals surface area contributed by atoms with Crippen molar-refractivity contribution in [3.8, 4) is 5.75 Å². The summed E-state index contributed by atoms with van der Waals surface area (Å²) < 4.78 is 46.8. The number of hydrogen-bond donors (Lipinski definition) is 2. The number of hydrogen-bond acceptors (Lipinski definition) is 7. The van der Waals surface area contributed by atoms with Crippen molar-refractivity contribution in [3.05, 3.63) is 59.7 Å². The van der Waals surface area contributed by atoms with Gasteiger partial charge in [-0.1, -0.05) is 12.1 Å². The number of rotatable bonds is 15. The van der Waals surface area contributed by atoms with Gasteiger partial charge in [-0.15, -0.1) is 13.2 Å². The Bertz CT molecular complexity index is 1220. The molecule has 0 spiro atoms. The molecule has 0 saturated heterocycles. The lowest BCUT2D eigenvalue weighted by Gasteiger charge is -2.49. The van der Waals surface area contributed by atoms with E-state index < -0.39 is 11.9 Å². The second kappa shape index (κ2) is 15.8. The third-order valence-electron chi connectivity index (χ3n) is 8.39. The average molecular weight is 621 g/mol. The summed E-state index contributed by atoms with van der Waals surface area (Å²) in [5.74, 6) is -0.530. The van der Waals surface area contributed by atoms with Crippen molar-refractivity contribution in [3.63, 3.8) is 0 Å². The van der Waals surface area contributed by atoms with Crippen LogP contribution in [-0.4, -0.2) is 74.9 Å². The molecule has 1 saturated carbocycles. The molecule has 0 bridgehead atoms. The Kier molecular flexibility index (Phi) is 12.4. The molecule has 242 valence electrons. The Morgan fingerprint density at radius 1 is 1.09 bits per heavy atom. The summed E-state index contributed by atoms with van der Waals surface area (Å²) in [7, 11) is 3.80. The maximum absolute atomic E-state index is 12.6. The summed E-state index contributed by atoms with van der Waals surface area (Å²) >= 11 is 0. The second-order valence-electron chi connectivity index (χ2n) is 11.3. The first-order valence-corrected chi connectivity index (χ1v) is 14.9. The zero-order valence-corrected chi connectivity index (χ0v) is 25.8. The molecule has 1 aliphatic rings. The zero-order chi connectivity index (χ0) is 32.3. The Balaban J connectivity index is 1.74. The van der Waals surface area contributed by atoms with Gasteiger partial charge in [0, 0.05) is 44.0 Å². The highest BCUT2D eigenvalue weighted by Gasteiger charge is 2.42. The van der Waals surface area contributed by atoms with Crippen molar-refractivity contribution < 1.29 is 37.0 Å². The molecule has 12 heteroatoms. The predicted octanol–water partition coefficient (Wildman–Crippen LogP) is 4.90. The number of anilines is 1. The standard InChI is InChI=1S/C32H43F3N4O5/c1-5-43-29(41)16-19-37-30(42)26-8-6-24(7-9-26)20-39(22-40)31(17-14-25(15-18-31)23(2)36-3)21-38(4)27-10-12-28(13-11-27)44-32(33,34)35/h6-13,22-23,25,36H,5,14-21H2,1-4H3,(H,37,42). The number of alkyl halides is 3. The SMILES string of the molecule is CCOC(=O)CCNC(=O)c1ccc(CN(C=O)C2(CN(C)c3ccc(OC(F)(F)F)cc3)CCC(C(C)NC)CC2)cc1. The molecule has 44 heavy (non-hydrogen) atoms. The fourth-order valence-corrected chi connectivity index (χ4v) is 5.77. The van der Waals surface area contributed by atoms with Crippen LogP contribution in [0.2, 0.25) is 0 Å². The fourth-order valence-electron chi connectivity index (χ4n) is 5.77. The summed E-state index contributed by atoms with van der Waals surface area (Å²) in [4.78, 5) is 40.5. The van der Waals surface area contributed by atoms with Gasteiger partial charge in [-0.25, -0.2) is 0 Å². The van der Waals surface area contributed by atoms with Crippen LogP contribution in [0.25, 0.3) is 0 Å². The van der Waals surface area contributed by atoms with Crippen LogP contribution in [0.1, 0.15) is 61.9 Å². The van der Waals surface area contributed by atoms with Gasteiger partial charge in [0.1, 0.15) is 5.75 Å². The van der Waals surface area contributed by atoms with E-state index in [1.54, 1.807) is 31.2 Å². The van der Waals surface area contributed by atoms with E-state index in [4.69, 9.17) is 4.74 Å². The van der Waals surface area contributed by atoms with E-state index in [-0.39, 0.29) is 37.2 Å². The van der Waals surface area contributed by atoms with Crippen LogP contribution in [0, 0.1) is 5.92 Å². The number of amides is 2. The number of carbonyl (C=O) groups excluding carboxylic acids is 3. The maximum Gasteiger partial charge on any atom is 0.573 e. The largest absolute Gasteiger partial charge is 0.573 e. The highest BCUT2D eigenvalue weighted by atomic mass is 19.4. The quantitative estimate of drug-likeness (QED) is 0.216. The van der Waals surface area contributed by atoms with Crippen LogP contribution < -0.4 is 20.3 Å². The lowest BCUT2D eigenvalue weighted by atomic mass is 9.73. The number of carbonyl (C=O) groups is 3.